The first kappa shape index (κ1) is 21.5. The van der Waals surface area contributed by atoms with E-state index in [2.05, 4.69) is 15.1 Å². The topological polar surface area (TPSA) is 72.6 Å². The number of thiazole rings is 1. The number of aromatic nitrogens is 4. The van der Waals surface area contributed by atoms with Crippen LogP contribution in [0.5, 0.6) is 0 Å². The van der Waals surface area contributed by atoms with Crippen molar-refractivity contribution in [3.8, 4) is 11.3 Å². The number of carbonyl (C=O) groups is 1. The molecule has 3 aromatic heterocycles. The standard InChI is InChI=1S/C24H24FN5O2S/c1-14-13-30-20(26-14)6-5-18(28-30)16-11-17(25)21-19(12-16)33-22(27-21)15-7-9-29(10-8-15)23(31)32-24(2,3)4/h5-7,11-13H,8-10H2,1-4H3. The summed E-state index contributed by atoms with van der Waals surface area (Å²) in [5, 5.41) is 5.35. The third-order valence-corrected chi connectivity index (χ3v) is 6.40. The molecule has 0 atom stereocenters. The second kappa shape index (κ2) is 7.91. The lowest BCUT2D eigenvalue weighted by Crippen LogP contribution is -2.39. The zero-order chi connectivity index (χ0) is 23.3. The van der Waals surface area contributed by atoms with Crippen molar-refractivity contribution in [2.75, 3.05) is 13.1 Å². The molecule has 0 aliphatic carbocycles. The summed E-state index contributed by atoms with van der Waals surface area (Å²) in [7, 11) is 0. The third-order valence-electron chi connectivity index (χ3n) is 5.32. The van der Waals surface area contributed by atoms with Crippen molar-refractivity contribution in [3.05, 3.63) is 53.1 Å². The molecule has 0 saturated heterocycles. The Bertz CT molecular complexity index is 1420. The van der Waals surface area contributed by atoms with E-state index in [1.165, 1.54) is 17.4 Å². The highest BCUT2D eigenvalue weighted by Crippen LogP contribution is 2.34. The first-order valence-electron chi connectivity index (χ1n) is 10.8. The van der Waals surface area contributed by atoms with Crippen LogP contribution in [0.3, 0.4) is 0 Å². The van der Waals surface area contributed by atoms with Crippen LogP contribution < -0.4 is 0 Å². The first-order chi connectivity index (χ1) is 15.7. The Morgan fingerprint density at radius 3 is 2.76 bits per heavy atom. The lowest BCUT2D eigenvalue weighted by atomic mass is 10.1. The number of halogens is 1. The van der Waals surface area contributed by atoms with Crippen molar-refractivity contribution in [2.24, 2.45) is 0 Å². The van der Waals surface area contributed by atoms with Gasteiger partial charge in [0.05, 0.1) is 22.3 Å². The van der Waals surface area contributed by atoms with Crippen molar-refractivity contribution < 1.29 is 13.9 Å². The van der Waals surface area contributed by atoms with Crippen LogP contribution in [-0.4, -0.2) is 49.3 Å². The largest absolute Gasteiger partial charge is 0.444 e. The zero-order valence-electron chi connectivity index (χ0n) is 18.9. The van der Waals surface area contributed by atoms with E-state index >= 15 is 0 Å². The van der Waals surface area contributed by atoms with Crippen LogP contribution in [0.1, 0.15) is 37.9 Å². The van der Waals surface area contributed by atoms with Gasteiger partial charge in [0.1, 0.15) is 16.1 Å². The molecular formula is C24H24FN5O2S. The number of rotatable bonds is 2. The van der Waals surface area contributed by atoms with Gasteiger partial charge in [-0.3, -0.25) is 0 Å². The molecule has 0 unspecified atom stereocenters. The number of amides is 1. The van der Waals surface area contributed by atoms with E-state index in [0.29, 0.717) is 36.3 Å². The second-order valence-corrected chi connectivity index (χ2v) is 10.2. The fraction of sp³-hybridized carbons (Fsp3) is 0.333. The second-order valence-electron chi connectivity index (χ2n) is 9.13. The Hall–Kier alpha value is -3.33. The van der Waals surface area contributed by atoms with Gasteiger partial charge < -0.3 is 9.64 Å². The van der Waals surface area contributed by atoms with Crippen molar-refractivity contribution in [2.45, 2.75) is 39.7 Å². The average molecular weight is 466 g/mol. The molecule has 4 aromatic rings. The maximum absolute atomic E-state index is 15.0. The summed E-state index contributed by atoms with van der Waals surface area (Å²) >= 11 is 1.45. The number of nitrogens with zero attached hydrogens (tertiary/aromatic N) is 5. The maximum Gasteiger partial charge on any atom is 0.410 e. The fourth-order valence-corrected chi connectivity index (χ4v) is 4.87. The van der Waals surface area contributed by atoms with Crippen LogP contribution >= 0.6 is 11.3 Å². The van der Waals surface area contributed by atoms with Gasteiger partial charge in [-0.15, -0.1) is 11.3 Å². The minimum atomic E-state index is -0.528. The van der Waals surface area contributed by atoms with Crippen LogP contribution in [-0.2, 0) is 4.74 Å². The van der Waals surface area contributed by atoms with Crippen LogP contribution in [0.2, 0.25) is 0 Å². The van der Waals surface area contributed by atoms with Gasteiger partial charge >= 0.3 is 6.09 Å². The number of ether oxygens (including phenoxy) is 1. The summed E-state index contributed by atoms with van der Waals surface area (Å²) in [5.74, 6) is -0.375. The zero-order valence-corrected chi connectivity index (χ0v) is 19.7. The van der Waals surface area contributed by atoms with E-state index in [0.717, 1.165) is 26.6 Å². The van der Waals surface area contributed by atoms with Gasteiger partial charge in [-0.1, -0.05) is 6.08 Å². The number of hydrogen-bond acceptors (Lipinski definition) is 6. The molecule has 9 heteroatoms. The molecule has 0 N–H and O–H groups in total. The first-order valence-corrected chi connectivity index (χ1v) is 11.6. The quantitative estimate of drug-likeness (QED) is 0.392. The molecule has 1 aromatic carbocycles. The van der Waals surface area contributed by atoms with Crippen LogP contribution in [0.15, 0.2) is 36.5 Å². The Morgan fingerprint density at radius 1 is 1.21 bits per heavy atom. The number of aryl methyl sites for hydroxylation is 1. The SMILES string of the molecule is Cc1cn2nc(-c3cc(F)c4nc(C5=CCN(C(=O)OC(C)(C)C)CC5)sc4c3)ccc2n1. The number of hydrogen-bond donors (Lipinski definition) is 0. The van der Waals surface area contributed by atoms with Crippen molar-refractivity contribution in [1.29, 1.82) is 0 Å². The molecule has 0 radical (unpaired) electrons. The van der Waals surface area contributed by atoms with Gasteiger partial charge in [0.15, 0.2) is 11.5 Å². The molecule has 1 amide bonds. The normalized spacial score (nSPS) is 14.7. The molecule has 5 rings (SSSR count). The summed E-state index contributed by atoms with van der Waals surface area (Å²) in [6, 6.07) is 7.12. The molecule has 0 fully saturated rings. The molecule has 1 aliphatic rings. The van der Waals surface area contributed by atoms with E-state index in [1.54, 1.807) is 9.42 Å². The highest BCUT2D eigenvalue weighted by Gasteiger charge is 2.25. The number of fused-ring (bicyclic) bond motifs is 2. The summed E-state index contributed by atoms with van der Waals surface area (Å²) in [4.78, 5) is 22.9. The van der Waals surface area contributed by atoms with E-state index < -0.39 is 5.60 Å². The van der Waals surface area contributed by atoms with Gasteiger partial charge in [-0.25, -0.2) is 23.7 Å². The molecule has 0 bridgehead atoms. The number of carbonyl (C=O) groups excluding carboxylic acids is 1. The fourth-order valence-electron chi connectivity index (χ4n) is 3.78. The molecule has 170 valence electrons. The lowest BCUT2D eigenvalue weighted by Gasteiger charge is -2.29. The highest BCUT2D eigenvalue weighted by atomic mass is 32.1. The monoisotopic (exact) mass is 465 g/mol. The maximum atomic E-state index is 15.0. The van der Waals surface area contributed by atoms with E-state index in [-0.39, 0.29) is 11.9 Å². The van der Waals surface area contributed by atoms with Crippen LogP contribution in [0, 0.1) is 12.7 Å². The van der Waals surface area contributed by atoms with E-state index in [1.807, 2.05) is 58.2 Å². The molecule has 4 heterocycles. The van der Waals surface area contributed by atoms with Crippen LogP contribution in [0.25, 0.3) is 32.7 Å². The molecule has 1 aliphatic heterocycles. The van der Waals surface area contributed by atoms with Crippen molar-refractivity contribution in [3.63, 3.8) is 0 Å². The summed E-state index contributed by atoms with van der Waals surface area (Å²) in [6.07, 6.45) is 4.14. The summed E-state index contributed by atoms with van der Waals surface area (Å²) < 4.78 is 22.9. The molecule has 33 heavy (non-hydrogen) atoms. The van der Waals surface area contributed by atoms with Gasteiger partial charge in [0.25, 0.3) is 0 Å². The van der Waals surface area contributed by atoms with Crippen molar-refractivity contribution in [1.82, 2.24) is 24.5 Å². The molecular weight excluding hydrogens is 441 g/mol. The van der Waals surface area contributed by atoms with E-state index in [4.69, 9.17) is 4.74 Å². The van der Waals surface area contributed by atoms with Crippen LogP contribution in [0.4, 0.5) is 9.18 Å². The average Bonchev–Trinajstić information content (AvgIpc) is 3.35. The third kappa shape index (κ3) is 4.32. The summed E-state index contributed by atoms with van der Waals surface area (Å²) in [5.41, 5.74) is 3.83. The number of imidazole rings is 1. The van der Waals surface area contributed by atoms with E-state index in [9.17, 15) is 9.18 Å². The van der Waals surface area contributed by atoms with Crippen molar-refractivity contribution >= 4 is 38.9 Å². The smallest absolute Gasteiger partial charge is 0.410 e. The number of benzene rings is 1. The molecule has 0 saturated carbocycles. The summed E-state index contributed by atoms with van der Waals surface area (Å²) in [6.45, 7) is 8.45. The Labute approximate surface area is 194 Å². The molecule has 7 nitrogen and oxygen atoms in total. The highest BCUT2D eigenvalue weighted by molar-refractivity contribution is 7.19. The lowest BCUT2D eigenvalue weighted by molar-refractivity contribution is 0.0270. The van der Waals surface area contributed by atoms with Gasteiger partial charge in [-0.05, 0) is 64.0 Å². The minimum absolute atomic E-state index is 0.324. The molecule has 0 spiro atoms. The predicted octanol–water partition coefficient (Wildman–Crippen LogP) is 5.48. The van der Waals surface area contributed by atoms with Gasteiger partial charge in [-0.2, -0.15) is 5.10 Å². The van der Waals surface area contributed by atoms with Gasteiger partial charge in [0, 0.05) is 18.7 Å². The Kier molecular flexibility index (Phi) is 5.16. The minimum Gasteiger partial charge on any atom is -0.444 e. The Morgan fingerprint density at radius 2 is 2.03 bits per heavy atom. The van der Waals surface area contributed by atoms with Gasteiger partial charge in [0.2, 0.25) is 0 Å². The Balaban J connectivity index is 1.42. The predicted molar refractivity (Wildman–Crippen MR) is 127 cm³/mol.